The number of amides is 3. The quantitative estimate of drug-likeness (QED) is 0.375. The Morgan fingerprint density at radius 3 is 2.39 bits per heavy atom. The van der Waals surface area contributed by atoms with Crippen molar-refractivity contribution in [2.45, 2.75) is 64.5 Å². The molecule has 0 saturated carbocycles. The van der Waals surface area contributed by atoms with Crippen LogP contribution in [0.15, 0.2) is 42.5 Å². The van der Waals surface area contributed by atoms with Gasteiger partial charge in [-0.15, -0.1) is 0 Å². The fourth-order valence-corrected chi connectivity index (χ4v) is 5.53. The lowest BCUT2D eigenvalue weighted by Crippen LogP contribution is -2.48. The van der Waals surface area contributed by atoms with Gasteiger partial charge >= 0.3 is 12.2 Å². The van der Waals surface area contributed by atoms with Crippen molar-refractivity contribution in [3.63, 3.8) is 0 Å². The van der Waals surface area contributed by atoms with Crippen molar-refractivity contribution < 1.29 is 45.8 Å². The number of fused-ring (bicyclic) bond motifs is 1. The zero-order valence-corrected chi connectivity index (χ0v) is 27.5. The van der Waals surface area contributed by atoms with Crippen molar-refractivity contribution in [3.05, 3.63) is 53.6 Å². The maximum absolute atomic E-state index is 14.1. The van der Waals surface area contributed by atoms with Gasteiger partial charge in [-0.3, -0.25) is 9.52 Å². The van der Waals surface area contributed by atoms with E-state index >= 15 is 0 Å². The molecular formula is C31H43F3N4O7S. The van der Waals surface area contributed by atoms with Crippen LogP contribution in [-0.2, 0) is 20.9 Å². The lowest BCUT2D eigenvalue weighted by molar-refractivity contribution is -0.137. The van der Waals surface area contributed by atoms with Crippen molar-refractivity contribution in [1.29, 1.82) is 0 Å². The molecule has 1 heterocycles. The van der Waals surface area contributed by atoms with Crippen molar-refractivity contribution in [2.24, 2.45) is 5.92 Å². The number of nitrogens with one attached hydrogen (secondary N) is 2. The Morgan fingerprint density at radius 1 is 1.13 bits per heavy atom. The van der Waals surface area contributed by atoms with Gasteiger partial charge in [-0.05, 0) is 75.6 Å². The van der Waals surface area contributed by atoms with Crippen LogP contribution in [-0.4, -0.2) is 93.1 Å². The predicted octanol–water partition coefficient (Wildman–Crippen LogP) is 5.04. The van der Waals surface area contributed by atoms with Gasteiger partial charge in [-0.1, -0.05) is 6.92 Å². The van der Waals surface area contributed by atoms with E-state index < -0.39 is 45.8 Å². The number of sulfonamides is 1. The molecule has 1 aliphatic heterocycles. The number of alkyl halides is 3. The Labute approximate surface area is 268 Å². The fraction of sp³-hybridized carbons (Fsp3) is 0.548. The number of carbonyl (C=O) groups is 2. The van der Waals surface area contributed by atoms with Crippen LogP contribution in [0.2, 0.25) is 0 Å². The topological polar surface area (TPSA) is 138 Å². The molecule has 3 amide bonds. The van der Waals surface area contributed by atoms with Crippen LogP contribution in [0.3, 0.4) is 0 Å². The molecule has 3 N–H and O–H groups in total. The third-order valence-corrected chi connectivity index (χ3v) is 8.23. The number of nitrogens with zero attached hydrogens (tertiary/aromatic N) is 2. The van der Waals surface area contributed by atoms with E-state index in [0.717, 1.165) is 24.8 Å². The van der Waals surface area contributed by atoms with E-state index in [1.807, 2.05) is 13.8 Å². The third-order valence-electron chi connectivity index (χ3n) is 7.62. The minimum Gasteiger partial charge on any atom is -0.490 e. The number of carbonyl (C=O) groups excluding carboxylic acids is 2. The molecule has 0 unspecified atom stereocenters. The molecule has 46 heavy (non-hydrogen) atoms. The normalized spacial score (nSPS) is 20.9. The van der Waals surface area contributed by atoms with E-state index in [2.05, 4.69) is 10.0 Å². The molecule has 11 nitrogen and oxygen atoms in total. The summed E-state index contributed by atoms with van der Waals surface area (Å²) >= 11 is 0. The highest BCUT2D eigenvalue weighted by Gasteiger charge is 2.32. The van der Waals surface area contributed by atoms with Crippen LogP contribution < -0.4 is 14.8 Å². The molecule has 0 fully saturated rings. The van der Waals surface area contributed by atoms with Gasteiger partial charge in [-0.2, -0.15) is 13.2 Å². The molecular weight excluding hydrogens is 629 g/mol. The van der Waals surface area contributed by atoms with E-state index in [0.29, 0.717) is 19.4 Å². The highest BCUT2D eigenvalue weighted by molar-refractivity contribution is 7.92. The van der Waals surface area contributed by atoms with Crippen LogP contribution in [0.5, 0.6) is 5.75 Å². The second-order valence-corrected chi connectivity index (χ2v) is 13.5. The summed E-state index contributed by atoms with van der Waals surface area (Å²) in [6.45, 7) is 5.62. The van der Waals surface area contributed by atoms with E-state index in [1.54, 1.807) is 13.0 Å². The molecule has 2 aromatic rings. The Morgan fingerprint density at radius 2 is 1.78 bits per heavy atom. The number of hydrogen-bond donors (Lipinski definition) is 3. The summed E-state index contributed by atoms with van der Waals surface area (Å²) in [4.78, 5) is 29.9. The minimum absolute atomic E-state index is 0.0989. The Kier molecular flexibility index (Phi) is 12.7. The van der Waals surface area contributed by atoms with Crippen LogP contribution >= 0.6 is 0 Å². The first kappa shape index (κ1) is 36.9. The van der Waals surface area contributed by atoms with E-state index in [-0.39, 0.29) is 54.4 Å². The molecule has 3 rings (SSSR count). The summed E-state index contributed by atoms with van der Waals surface area (Å²) < 4.78 is 77.3. The molecule has 0 aliphatic carbocycles. The molecule has 256 valence electrons. The van der Waals surface area contributed by atoms with Crippen LogP contribution in [0, 0.1) is 5.92 Å². The van der Waals surface area contributed by atoms with Gasteiger partial charge in [0.15, 0.2) is 0 Å². The molecule has 0 bridgehead atoms. The summed E-state index contributed by atoms with van der Waals surface area (Å²) in [6.07, 6.45) is -2.24. The van der Waals surface area contributed by atoms with Gasteiger partial charge in [0.05, 0.1) is 42.2 Å². The monoisotopic (exact) mass is 672 g/mol. The number of aliphatic hydroxyl groups excluding tert-OH is 1. The van der Waals surface area contributed by atoms with Gasteiger partial charge in [-0.25, -0.2) is 13.2 Å². The number of benzene rings is 2. The van der Waals surface area contributed by atoms with Gasteiger partial charge < -0.3 is 29.7 Å². The second-order valence-electron chi connectivity index (χ2n) is 11.8. The average Bonchev–Trinajstić information content (AvgIpc) is 2.97. The summed E-state index contributed by atoms with van der Waals surface area (Å²) in [5, 5.41) is 12.7. The number of likely N-dealkylation sites (N-methyl/N-ethyl adjacent to an activating group) is 1. The highest BCUT2D eigenvalue weighted by atomic mass is 32.2. The largest absolute Gasteiger partial charge is 0.490 e. The number of halogens is 3. The van der Waals surface area contributed by atoms with Crippen molar-refractivity contribution in [2.75, 3.05) is 49.6 Å². The van der Waals surface area contributed by atoms with Crippen LogP contribution in [0.25, 0.3) is 0 Å². The first-order valence-corrected chi connectivity index (χ1v) is 16.9. The van der Waals surface area contributed by atoms with Crippen molar-refractivity contribution in [3.8, 4) is 5.75 Å². The molecule has 0 spiro atoms. The predicted molar refractivity (Wildman–Crippen MR) is 168 cm³/mol. The molecule has 4 atom stereocenters. The summed E-state index contributed by atoms with van der Waals surface area (Å²) in [5.41, 5.74) is -0.337. The average molecular weight is 673 g/mol. The van der Waals surface area contributed by atoms with Gasteiger partial charge in [0.25, 0.3) is 5.91 Å². The highest BCUT2D eigenvalue weighted by Crippen LogP contribution is 2.31. The molecule has 0 aromatic heterocycles. The molecule has 15 heteroatoms. The SMILES string of the molecule is C[C@@H]1CN([C@H](C)CO)C(=O)c2cc(NS(C)(=O)=O)ccc2O[C@@H](C)CCCCO[C@H]1CN(C)C(=O)Nc1ccc(C(F)(F)F)cc1. The first-order chi connectivity index (χ1) is 21.5. The maximum atomic E-state index is 14.1. The number of anilines is 2. The fourth-order valence-electron chi connectivity index (χ4n) is 4.98. The Bertz CT molecular complexity index is 1440. The smallest absolute Gasteiger partial charge is 0.416 e. The maximum Gasteiger partial charge on any atom is 0.416 e. The first-order valence-electron chi connectivity index (χ1n) is 15.0. The Balaban J connectivity index is 1.87. The van der Waals surface area contributed by atoms with Gasteiger partial charge in [0.1, 0.15) is 5.75 Å². The molecule has 0 saturated heterocycles. The van der Waals surface area contributed by atoms with E-state index in [1.165, 1.54) is 41.1 Å². The molecule has 1 aliphatic rings. The van der Waals surface area contributed by atoms with Gasteiger partial charge in [0, 0.05) is 44.0 Å². The number of aliphatic hydroxyl groups is 1. The zero-order chi connectivity index (χ0) is 34.2. The summed E-state index contributed by atoms with van der Waals surface area (Å²) in [6, 6.07) is 7.40. The number of rotatable bonds is 7. The van der Waals surface area contributed by atoms with Crippen LogP contribution in [0.1, 0.15) is 56.0 Å². The Hall–Kier alpha value is -3.56. The van der Waals surface area contributed by atoms with Crippen molar-refractivity contribution in [1.82, 2.24) is 9.80 Å². The lowest BCUT2D eigenvalue weighted by atomic mass is 10.0. The number of hydrogen-bond acceptors (Lipinski definition) is 7. The van der Waals surface area contributed by atoms with E-state index in [9.17, 15) is 36.3 Å². The zero-order valence-electron chi connectivity index (χ0n) is 26.6. The second kappa shape index (κ2) is 15.8. The molecule has 2 aromatic carbocycles. The summed E-state index contributed by atoms with van der Waals surface area (Å²) in [5.74, 6) is -0.566. The lowest BCUT2D eigenvalue weighted by Gasteiger charge is -2.35. The van der Waals surface area contributed by atoms with Crippen molar-refractivity contribution >= 4 is 33.3 Å². The third kappa shape index (κ3) is 10.8. The van der Waals surface area contributed by atoms with Gasteiger partial charge in [0.2, 0.25) is 10.0 Å². The standard InChI is InChI=1S/C31H43F3N4O7S/c1-20-17-38(21(2)19-39)29(40)26-16-25(36-46(5,42)43)13-14-27(26)45-22(3)8-6-7-15-44-28(20)18-37(4)30(41)35-24-11-9-23(10-12-24)31(32,33)34/h9-14,16,20-22,28,36,39H,6-8,15,17-19H2,1-5H3,(H,35,41)/t20-,21-,22+,28+/m1/s1. The molecule has 0 radical (unpaired) electrons. The van der Waals surface area contributed by atoms with Crippen LogP contribution in [0.4, 0.5) is 29.3 Å². The summed E-state index contributed by atoms with van der Waals surface area (Å²) in [7, 11) is -2.10. The van der Waals surface area contributed by atoms with E-state index in [4.69, 9.17) is 9.47 Å². The number of ether oxygens (including phenoxy) is 2. The minimum atomic E-state index is -4.50. The number of urea groups is 1.